The second kappa shape index (κ2) is 8.26. The van der Waals surface area contributed by atoms with E-state index in [1.807, 2.05) is 0 Å². The molecule has 4 heteroatoms. The summed E-state index contributed by atoms with van der Waals surface area (Å²) in [6.45, 7) is 15.5. The molecule has 0 radical (unpaired) electrons. The van der Waals surface area contributed by atoms with Crippen LogP contribution in [-0.4, -0.2) is 31.4 Å². The summed E-state index contributed by atoms with van der Waals surface area (Å²) in [6.07, 6.45) is 4.84. The Labute approximate surface area is 144 Å². The molecule has 0 spiro atoms. The first kappa shape index (κ1) is 20.9. The van der Waals surface area contributed by atoms with E-state index in [2.05, 4.69) is 47.7 Å². The molecule has 0 aromatic rings. The van der Waals surface area contributed by atoms with Crippen LogP contribution in [0.1, 0.15) is 73.1 Å². The number of carbonyl (C=O) groups excluding carboxylic acids is 1. The zero-order valence-corrected chi connectivity index (χ0v) is 17.3. The number of ketones is 1. The second-order valence-electron chi connectivity index (χ2n) is 8.77. The van der Waals surface area contributed by atoms with Crippen molar-refractivity contribution in [2.45, 2.75) is 103 Å². The van der Waals surface area contributed by atoms with E-state index >= 15 is 0 Å². The van der Waals surface area contributed by atoms with Crippen LogP contribution in [0.15, 0.2) is 0 Å². The highest BCUT2D eigenvalue weighted by molar-refractivity contribution is 6.74. The van der Waals surface area contributed by atoms with E-state index in [0.717, 1.165) is 25.7 Å². The molecule has 1 rings (SSSR count). The molecule has 0 aromatic carbocycles. The van der Waals surface area contributed by atoms with Crippen molar-refractivity contribution in [1.29, 1.82) is 0 Å². The molecule has 1 fully saturated rings. The van der Waals surface area contributed by atoms with E-state index in [0.29, 0.717) is 12.8 Å². The number of hydrogen-bond donors (Lipinski definition) is 1. The molecule has 0 aliphatic heterocycles. The van der Waals surface area contributed by atoms with Crippen LogP contribution in [0, 0.1) is 11.8 Å². The van der Waals surface area contributed by atoms with Crippen LogP contribution in [0.2, 0.25) is 18.1 Å². The zero-order valence-electron chi connectivity index (χ0n) is 16.3. The average Bonchev–Trinajstić information content (AvgIpc) is 2.70. The highest BCUT2D eigenvalue weighted by Crippen LogP contribution is 2.44. The normalized spacial score (nSPS) is 27.5. The molecule has 0 aromatic heterocycles. The van der Waals surface area contributed by atoms with Crippen LogP contribution in [0.5, 0.6) is 0 Å². The molecule has 1 aliphatic carbocycles. The Balaban J connectivity index is 2.95. The number of aliphatic hydroxyl groups is 1. The summed E-state index contributed by atoms with van der Waals surface area (Å²) in [5, 5.41) is 10.6. The van der Waals surface area contributed by atoms with Gasteiger partial charge in [-0.1, -0.05) is 53.9 Å². The Morgan fingerprint density at radius 1 is 1.26 bits per heavy atom. The SMILES string of the molecule is CCCCC1C(O[Si](C)(C)C(C)(C)C)CC(=O)C1C(O)CCC. The largest absolute Gasteiger partial charge is 0.413 e. The quantitative estimate of drug-likeness (QED) is 0.636. The lowest BCUT2D eigenvalue weighted by Gasteiger charge is -2.40. The standard InChI is InChI=1S/C19H38O3Si/c1-8-10-12-14-17(22-23(6,7)19(3,4)5)13-16(21)18(14)15(20)11-9-2/h14-15,17-18,20H,8-13H2,1-7H3. The van der Waals surface area contributed by atoms with E-state index in [-0.39, 0.29) is 28.8 Å². The van der Waals surface area contributed by atoms with Crippen molar-refractivity contribution in [2.75, 3.05) is 0 Å². The molecule has 4 atom stereocenters. The predicted octanol–water partition coefficient (Wildman–Crippen LogP) is 4.93. The van der Waals surface area contributed by atoms with Gasteiger partial charge < -0.3 is 9.53 Å². The number of unbranched alkanes of at least 4 members (excludes halogenated alkanes) is 1. The minimum absolute atomic E-state index is 0.00597. The maximum absolute atomic E-state index is 12.6. The molecule has 23 heavy (non-hydrogen) atoms. The Kier molecular flexibility index (Phi) is 7.49. The van der Waals surface area contributed by atoms with Crippen LogP contribution >= 0.6 is 0 Å². The fourth-order valence-electron chi connectivity index (χ4n) is 3.42. The van der Waals surface area contributed by atoms with Gasteiger partial charge >= 0.3 is 0 Å². The van der Waals surface area contributed by atoms with Gasteiger partial charge in [0.05, 0.1) is 12.2 Å². The van der Waals surface area contributed by atoms with Crippen molar-refractivity contribution >= 4 is 14.1 Å². The molecule has 3 nitrogen and oxygen atoms in total. The van der Waals surface area contributed by atoms with Crippen molar-refractivity contribution in [1.82, 2.24) is 0 Å². The van der Waals surface area contributed by atoms with Gasteiger partial charge in [-0.25, -0.2) is 0 Å². The smallest absolute Gasteiger partial charge is 0.192 e. The number of rotatable bonds is 8. The van der Waals surface area contributed by atoms with Crippen LogP contribution in [0.4, 0.5) is 0 Å². The maximum Gasteiger partial charge on any atom is 0.192 e. The van der Waals surface area contributed by atoms with Crippen LogP contribution in [0.25, 0.3) is 0 Å². The molecular weight excluding hydrogens is 304 g/mol. The monoisotopic (exact) mass is 342 g/mol. The molecule has 1 saturated carbocycles. The highest BCUT2D eigenvalue weighted by atomic mass is 28.4. The molecule has 1 N–H and O–H groups in total. The molecule has 0 amide bonds. The van der Waals surface area contributed by atoms with E-state index in [1.54, 1.807) is 0 Å². The third kappa shape index (κ3) is 5.14. The fourth-order valence-corrected chi connectivity index (χ4v) is 4.79. The average molecular weight is 343 g/mol. The topological polar surface area (TPSA) is 46.5 Å². The third-order valence-corrected chi connectivity index (χ3v) is 10.4. The lowest BCUT2D eigenvalue weighted by atomic mass is 9.84. The number of hydrogen-bond acceptors (Lipinski definition) is 3. The molecule has 1 aliphatic rings. The first-order chi connectivity index (χ1) is 10.5. The molecule has 136 valence electrons. The summed E-state index contributed by atoms with van der Waals surface area (Å²) >= 11 is 0. The van der Waals surface area contributed by atoms with E-state index in [1.165, 1.54) is 0 Å². The summed E-state index contributed by atoms with van der Waals surface area (Å²) in [5.74, 6) is 0.199. The zero-order chi connectivity index (χ0) is 17.8. The highest BCUT2D eigenvalue weighted by Gasteiger charge is 2.49. The van der Waals surface area contributed by atoms with Crippen LogP contribution in [-0.2, 0) is 9.22 Å². The Morgan fingerprint density at radius 2 is 1.87 bits per heavy atom. The van der Waals surface area contributed by atoms with Crippen molar-refractivity contribution in [3.05, 3.63) is 0 Å². The minimum atomic E-state index is -1.90. The summed E-state index contributed by atoms with van der Waals surface area (Å²) in [7, 11) is -1.90. The van der Waals surface area contributed by atoms with Crippen molar-refractivity contribution < 1.29 is 14.3 Å². The van der Waals surface area contributed by atoms with Crippen LogP contribution < -0.4 is 0 Å². The van der Waals surface area contributed by atoms with E-state index in [9.17, 15) is 9.90 Å². The number of Topliss-reactive ketones (excluding diaryl/α,β-unsaturated/α-hetero) is 1. The molecular formula is C19H38O3Si. The second-order valence-corrected chi connectivity index (χ2v) is 13.5. The minimum Gasteiger partial charge on any atom is -0.413 e. The summed E-state index contributed by atoms with van der Waals surface area (Å²) < 4.78 is 6.61. The van der Waals surface area contributed by atoms with Gasteiger partial charge in [0.1, 0.15) is 5.78 Å². The molecule has 0 heterocycles. The van der Waals surface area contributed by atoms with Gasteiger partial charge in [-0.3, -0.25) is 4.79 Å². The lowest BCUT2D eigenvalue weighted by molar-refractivity contribution is -0.125. The summed E-state index contributed by atoms with van der Waals surface area (Å²) in [6, 6.07) is 0. The maximum atomic E-state index is 12.6. The van der Waals surface area contributed by atoms with E-state index in [4.69, 9.17) is 4.43 Å². The Bertz CT molecular complexity index is 387. The van der Waals surface area contributed by atoms with Crippen LogP contribution in [0.3, 0.4) is 0 Å². The van der Waals surface area contributed by atoms with Gasteiger partial charge in [0.15, 0.2) is 8.32 Å². The van der Waals surface area contributed by atoms with Gasteiger partial charge in [-0.15, -0.1) is 0 Å². The molecule has 4 unspecified atom stereocenters. The molecule has 0 bridgehead atoms. The number of carbonyl (C=O) groups is 1. The van der Waals surface area contributed by atoms with Gasteiger partial charge in [-0.2, -0.15) is 0 Å². The van der Waals surface area contributed by atoms with Crippen molar-refractivity contribution in [3.63, 3.8) is 0 Å². The van der Waals surface area contributed by atoms with Crippen molar-refractivity contribution in [3.8, 4) is 0 Å². The Morgan fingerprint density at radius 3 is 2.35 bits per heavy atom. The van der Waals surface area contributed by atoms with Gasteiger partial charge in [0.2, 0.25) is 0 Å². The lowest BCUT2D eigenvalue weighted by Crippen LogP contribution is -2.45. The first-order valence-electron chi connectivity index (χ1n) is 9.43. The van der Waals surface area contributed by atoms with Gasteiger partial charge in [0.25, 0.3) is 0 Å². The van der Waals surface area contributed by atoms with Crippen molar-refractivity contribution in [2.24, 2.45) is 11.8 Å². The molecule has 0 saturated heterocycles. The predicted molar refractivity (Wildman–Crippen MR) is 99.1 cm³/mol. The Hall–Kier alpha value is -0.193. The first-order valence-corrected chi connectivity index (χ1v) is 12.3. The van der Waals surface area contributed by atoms with E-state index < -0.39 is 14.4 Å². The van der Waals surface area contributed by atoms with Gasteiger partial charge in [-0.05, 0) is 36.9 Å². The summed E-state index contributed by atoms with van der Waals surface area (Å²) in [5.41, 5.74) is 0. The van der Waals surface area contributed by atoms with Gasteiger partial charge in [0, 0.05) is 12.3 Å². The fraction of sp³-hybridized carbons (Fsp3) is 0.947. The third-order valence-electron chi connectivity index (χ3n) is 5.86. The number of aliphatic hydroxyl groups excluding tert-OH is 1. The summed E-state index contributed by atoms with van der Waals surface area (Å²) in [4.78, 5) is 12.6.